The van der Waals surface area contributed by atoms with E-state index in [0.717, 1.165) is 12.1 Å². The fourth-order valence-corrected chi connectivity index (χ4v) is 17.0. The van der Waals surface area contributed by atoms with E-state index in [-0.39, 0.29) is 11.8 Å². The Morgan fingerprint density at radius 2 is 1.33 bits per heavy atom. The van der Waals surface area contributed by atoms with Crippen LogP contribution in [-0.2, 0) is 0 Å². The van der Waals surface area contributed by atoms with E-state index in [1.807, 2.05) is 9.88 Å². The predicted octanol–water partition coefficient (Wildman–Crippen LogP) is 0.851. The number of aromatic nitrogens is 4. The van der Waals surface area contributed by atoms with Gasteiger partial charge in [0.1, 0.15) is 0 Å². The van der Waals surface area contributed by atoms with Crippen LogP contribution in [0, 0.1) is 0 Å². The van der Waals surface area contributed by atoms with E-state index in [9.17, 15) is 19.8 Å². The van der Waals surface area contributed by atoms with Gasteiger partial charge in [0, 0.05) is 0 Å². The normalized spacial score (nSPS) is 11.5. The molecule has 0 aromatic carbocycles. The number of nitrogens with zero attached hydrogens (tertiary/aromatic N) is 2. The molecule has 0 bridgehead atoms. The summed E-state index contributed by atoms with van der Waals surface area (Å²) < 4.78 is 0. The molecule has 0 saturated heterocycles. The molecule has 11 heteroatoms. The topological polar surface area (TPSA) is 132 Å². The predicted molar refractivity (Wildman–Crippen MR) is 82.2 cm³/mol. The van der Waals surface area contributed by atoms with Crippen molar-refractivity contribution < 1.29 is 10.2 Å². The van der Waals surface area contributed by atoms with E-state index in [0.29, 0.717) is 10.3 Å². The van der Waals surface area contributed by atoms with Crippen LogP contribution in [0.4, 0.5) is 0 Å². The van der Waals surface area contributed by atoms with Gasteiger partial charge in [0.2, 0.25) is 0 Å². The zero-order valence-electron chi connectivity index (χ0n) is 11.1. The van der Waals surface area contributed by atoms with Crippen LogP contribution >= 0.6 is 17.9 Å². The summed E-state index contributed by atoms with van der Waals surface area (Å²) in [6, 6.07) is 1.99. The number of aromatic hydroxyl groups is 2. The van der Waals surface area contributed by atoms with Crippen LogP contribution < -0.4 is 11.1 Å². The number of nitrogens with one attached hydrogen (secondary N) is 2. The van der Waals surface area contributed by atoms with E-state index in [4.69, 9.17) is 0 Å². The number of rotatable bonds is 4. The standard InChI is InChI=1S/2C4H4N2O2S.2CH3.Sn/c2*7-2-1-3(8)6-4(9)5-2;;;/h2*1H,(H3,5,6,7,8,9);2*1H3;/q;;;;+2/p-2. The first-order valence-corrected chi connectivity index (χ1v) is 20.1. The van der Waals surface area contributed by atoms with Crippen LogP contribution in [0.15, 0.2) is 32.0 Å². The summed E-state index contributed by atoms with van der Waals surface area (Å²) >= 11 is -2.93. The molecule has 2 aromatic heterocycles. The molecule has 0 aliphatic rings. The number of H-pyrrole nitrogens is 2. The Kier molecular flexibility index (Phi) is 4.88. The molecule has 0 saturated carbocycles. The van der Waals surface area contributed by atoms with Gasteiger partial charge in [-0.25, -0.2) is 0 Å². The Morgan fingerprint density at radius 1 is 0.952 bits per heavy atom. The SMILES string of the molecule is [CH3][Sn]([CH3])([S]c1nc(O)cc(=O)[nH]1)[S]c1nc(O)cc(=O)[nH]1. The Morgan fingerprint density at radius 3 is 1.67 bits per heavy atom. The number of aromatic amines is 2. The van der Waals surface area contributed by atoms with Gasteiger partial charge in [-0.3, -0.25) is 0 Å². The van der Waals surface area contributed by atoms with Crippen LogP contribution in [0.1, 0.15) is 0 Å². The maximum absolute atomic E-state index is 11.3. The Hall–Kier alpha value is -1.14. The van der Waals surface area contributed by atoms with Crippen molar-refractivity contribution in [2.75, 3.05) is 0 Å². The second kappa shape index (κ2) is 6.32. The summed E-state index contributed by atoms with van der Waals surface area (Å²) in [4.78, 5) is 39.5. The maximum atomic E-state index is 11.3. The first-order valence-electron chi connectivity index (χ1n) is 5.72. The molecule has 0 spiro atoms. The Balaban J connectivity index is 2.21. The summed E-state index contributed by atoms with van der Waals surface area (Å²) in [7, 11) is 2.77. The van der Waals surface area contributed by atoms with Crippen LogP contribution in [0.25, 0.3) is 0 Å². The summed E-state index contributed by atoms with van der Waals surface area (Å²) in [6.45, 7) is 0. The average molecular weight is 435 g/mol. The minimum absolute atomic E-state index is 0.329. The first kappa shape index (κ1) is 16.2. The van der Waals surface area contributed by atoms with Crippen LogP contribution in [0.3, 0.4) is 0 Å². The number of hydrogen-bond acceptors (Lipinski definition) is 8. The van der Waals surface area contributed by atoms with Gasteiger partial charge in [-0.2, -0.15) is 0 Å². The van der Waals surface area contributed by atoms with Crippen molar-refractivity contribution in [1.82, 2.24) is 19.9 Å². The third-order valence-corrected chi connectivity index (χ3v) is 18.9. The van der Waals surface area contributed by atoms with Gasteiger partial charge in [0.05, 0.1) is 0 Å². The van der Waals surface area contributed by atoms with Gasteiger partial charge in [0.15, 0.2) is 0 Å². The molecule has 0 unspecified atom stereocenters. The molecule has 0 aliphatic carbocycles. The second-order valence-electron chi connectivity index (χ2n) is 4.42. The first-order chi connectivity index (χ1) is 9.73. The van der Waals surface area contributed by atoms with Gasteiger partial charge >= 0.3 is 128 Å². The third kappa shape index (κ3) is 4.96. The summed E-state index contributed by atoms with van der Waals surface area (Å²) in [5.41, 5.74) is -0.859. The molecule has 2 heterocycles. The average Bonchev–Trinajstić information content (AvgIpc) is 2.23. The van der Waals surface area contributed by atoms with E-state index >= 15 is 0 Å². The zero-order chi connectivity index (χ0) is 15.6. The van der Waals surface area contributed by atoms with E-state index < -0.39 is 26.7 Å². The minimum atomic E-state index is -2.93. The molecule has 0 radical (unpaired) electrons. The molecule has 0 aliphatic heterocycles. The van der Waals surface area contributed by atoms with Gasteiger partial charge in [-0.15, -0.1) is 0 Å². The van der Waals surface area contributed by atoms with Gasteiger partial charge < -0.3 is 0 Å². The fourth-order valence-electron chi connectivity index (χ4n) is 1.43. The quantitative estimate of drug-likeness (QED) is 0.411. The van der Waals surface area contributed by atoms with Crippen molar-refractivity contribution in [2.24, 2.45) is 0 Å². The molecule has 2 rings (SSSR count). The van der Waals surface area contributed by atoms with E-state index in [1.54, 1.807) is 0 Å². The molecule has 112 valence electrons. The molecule has 0 fully saturated rings. The van der Waals surface area contributed by atoms with Crippen molar-refractivity contribution in [3.63, 3.8) is 0 Å². The summed E-state index contributed by atoms with van der Waals surface area (Å²) in [6.07, 6.45) is 0. The molecule has 4 N–H and O–H groups in total. The van der Waals surface area contributed by atoms with E-state index in [1.165, 1.54) is 17.9 Å². The van der Waals surface area contributed by atoms with Crippen LogP contribution in [0.5, 0.6) is 11.8 Å². The van der Waals surface area contributed by atoms with Crippen molar-refractivity contribution in [3.05, 3.63) is 32.8 Å². The zero-order valence-corrected chi connectivity index (χ0v) is 15.6. The summed E-state index contributed by atoms with van der Waals surface area (Å²) in [5, 5.41) is 19.3. The van der Waals surface area contributed by atoms with Crippen LogP contribution in [0.2, 0.25) is 9.88 Å². The molecule has 2 aromatic rings. The summed E-state index contributed by atoms with van der Waals surface area (Å²) in [5.74, 6) is -0.672. The van der Waals surface area contributed by atoms with Crippen molar-refractivity contribution in [2.45, 2.75) is 20.2 Å². The van der Waals surface area contributed by atoms with Crippen molar-refractivity contribution in [1.29, 1.82) is 0 Å². The Bertz CT molecular complexity index is 713. The van der Waals surface area contributed by atoms with Gasteiger partial charge in [-0.05, 0) is 0 Å². The fraction of sp³-hybridized carbons (Fsp3) is 0.200. The molecule has 8 nitrogen and oxygen atoms in total. The molecule has 0 atom stereocenters. The molecular formula is C10H12N4O4S2Sn. The van der Waals surface area contributed by atoms with Gasteiger partial charge in [0.25, 0.3) is 0 Å². The number of hydrogen-bond donors (Lipinski definition) is 4. The van der Waals surface area contributed by atoms with Crippen LogP contribution in [-0.4, -0.2) is 45.8 Å². The monoisotopic (exact) mass is 436 g/mol. The van der Waals surface area contributed by atoms with Gasteiger partial charge in [-0.1, -0.05) is 0 Å². The second-order valence-corrected chi connectivity index (χ2v) is 32.5. The molecule has 0 amide bonds. The molecule has 21 heavy (non-hydrogen) atoms. The van der Waals surface area contributed by atoms with E-state index in [2.05, 4.69) is 19.9 Å². The van der Waals surface area contributed by atoms with Crippen molar-refractivity contribution >= 4 is 33.5 Å². The molecular weight excluding hydrogens is 423 g/mol. The third-order valence-electron chi connectivity index (χ3n) is 2.10. The van der Waals surface area contributed by atoms with Crippen molar-refractivity contribution in [3.8, 4) is 11.8 Å². The Labute approximate surface area is 128 Å².